The molecule has 3 rings (SSSR count). The molecule has 1 aromatic carbocycles. The first-order valence-electron chi connectivity index (χ1n) is 8.44. The molecule has 27 heavy (non-hydrogen) atoms. The number of hydrogen-bond acceptors (Lipinski definition) is 7. The number of aromatic nitrogens is 2. The van der Waals surface area contributed by atoms with Crippen LogP contribution in [0.1, 0.15) is 31.6 Å². The van der Waals surface area contributed by atoms with Crippen molar-refractivity contribution in [3.63, 3.8) is 0 Å². The highest BCUT2D eigenvalue weighted by Gasteiger charge is 2.49. The number of halogens is 1. The van der Waals surface area contributed by atoms with Crippen molar-refractivity contribution in [1.29, 1.82) is 0 Å². The molecule has 0 bridgehead atoms. The van der Waals surface area contributed by atoms with Crippen molar-refractivity contribution in [3.8, 4) is 11.5 Å². The summed E-state index contributed by atoms with van der Waals surface area (Å²) >= 11 is 0. The smallest absolute Gasteiger partial charge is 0.257 e. The highest BCUT2D eigenvalue weighted by Crippen LogP contribution is 2.29. The van der Waals surface area contributed by atoms with Crippen molar-refractivity contribution in [2.45, 2.75) is 30.6 Å². The molecule has 2 N–H and O–H groups in total. The van der Waals surface area contributed by atoms with Crippen LogP contribution in [0.2, 0.25) is 0 Å². The van der Waals surface area contributed by atoms with Crippen LogP contribution in [0.4, 0.5) is 0 Å². The highest BCUT2D eigenvalue weighted by molar-refractivity contribution is 7.92. The van der Waals surface area contributed by atoms with E-state index in [4.69, 9.17) is 4.52 Å². The van der Waals surface area contributed by atoms with E-state index in [-0.39, 0.29) is 25.2 Å². The lowest BCUT2D eigenvalue weighted by atomic mass is 9.95. The molecule has 1 aliphatic rings. The van der Waals surface area contributed by atoms with E-state index in [0.717, 1.165) is 11.8 Å². The minimum Gasteiger partial charge on any atom is -0.345 e. The SMILES string of the molecule is CC(NC(=O)C1(S(C)(=O)=O)CCNCC1)c1noc(-c2ccccc2)n1.Cl. The summed E-state index contributed by atoms with van der Waals surface area (Å²) in [6.45, 7) is 2.67. The van der Waals surface area contributed by atoms with Gasteiger partial charge >= 0.3 is 0 Å². The molecule has 0 radical (unpaired) electrons. The van der Waals surface area contributed by atoms with Gasteiger partial charge in [-0.1, -0.05) is 23.4 Å². The van der Waals surface area contributed by atoms with E-state index in [0.29, 0.717) is 24.8 Å². The van der Waals surface area contributed by atoms with Gasteiger partial charge in [-0.25, -0.2) is 8.42 Å². The normalized spacial score (nSPS) is 17.6. The van der Waals surface area contributed by atoms with Gasteiger partial charge in [0.1, 0.15) is 0 Å². The Labute approximate surface area is 164 Å². The zero-order chi connectivity index (χ0) is 18.8. The minimum atomic E-state index is -3.57. The lowest BCUT2D eigenvalue weighted by molar-refractivity contribution is -0.125. The van der Waals surface area contributed by atoms with Gasteiger partial charge < -0.3 is 15.2 Å². The van der Waals surface area contributed by atoms with Gasteiger partial charge in [-0.3, -0.25) is 4.79 Å². The number of carbonyl (C=O) groups is 1. The predicted molar refractivity (Wildman–Crippen MR) is 103 cm³/mol. The third-order valence-corrected chi connectivity index (χ3v) is 6.75. The number of rotatable bonds is 5. The fraction of sp³-hybridized carbons (Fsp3) is 0.471. The summed E-state index contributed by atoms with van der Waals surface area (Å²) in [6.07, 6.45) is 1.60. The van der Waals surface area contributed by atoms with Gasteiger partial charge in [0.05, 0.1) is 6.04 Å². The van der Waals surface area contributed by atoms with Crippen LogP contribution in [0.25, 0.3) is 11.5 Å². The molecule has 10 heteroatoms. The molecule has 148 valence electrons. The molecule has 1 unspecified atom stereocenters. The minimum absolute atomic E-state index is 0. The van der Waals surface area contributed by atoms with Crippen LogP contribution in [0.3, 0.4) is 0 Å². The second-order valence-electron chi connectivity index (χ2n) is 6.54. The maximum absolute atomic E-state index is 12.8. The molecule has 2 heterocycles. The quantitative estimate of drug-likeness (QED) is 0.761. The average molecular weight is 415 g/mol. The van der Waals surface area contributed by atoms with Gasteiger partial charge in [0.15, 0.2) is 20.4 Å². The van der Waals surface area contributed by atoms with Gasteiger partial charge in [0.25, 0.3) is 5.89 Å². The number of nitrogens with zero attached hydrogens (tertiary/aromatic N) is 2. The number of nitrogens with one attached hydrogen (secondary N) is 2. The molecule has 2 aromatic rings. The molecular weight excluding hydrogens is 392 g/mol. The fourth-order valence-electron chi connectivity index (χ4n) is 3.10. The van der Waals surface area contributed by atoms with Gasteiger partial charge in [0.2, 0.25) is 5.91 Å². The maximum Gasteiger partial charge on any atom is 0.257 e. The monoisotopic (exact) mass is 414 g/mol. The van der Waals surface area contributed by atoms with E-state index >= 15 is 0 Å². The zero-order valence-corrected chi connectivity index (χ0v) is 16.8. The van der Waals surface area contributed by atoms with Crippen LogP contribution in [0, 0.1) is 0 Å². The molecule has 0 saturated carbocycles. The summed E-state index contributed by atoms with van der Waals surface area (Å²) in [7, 11) is -3.57. The third-order valence-electron chi connectivity index (χ3n) is 4.73. The van der Waals surface area contributed by atoms with Crippen molar-refractivity contribution in [1.82, 2.24) is 20.8 Å². The van der Waals surface area contributed by atoms with E-state index in [1.54, 1.807) is 6.92 Å². The van der Waals surface area contributed by atoms with Crippen LogP contribution in [0.15, 0.2) is 34.9 Å². The highest BCUT2D eigenvalue weighted by atomic mass is 35.5. The summed E-state index contributed by atoms with van der Waals surface area (Å²) in [6, 6.07) is 8.71. The first-order chi connectivity index (χ1) is 12.3. The lowest BCUT2D eigenvalue weighted by Crippen LogP contribution is -2.57. The van der Waals surface area contributed by atoms with Gasteiger partial charge in [-0.15, -0.1) is 12.4 Å². The largest absolute Gasteiger partial charge is 0.345 e. The molecule has 1 amide bonds. The Kier molecular flexibility index (Phi) is 6.61. The number of hydrogen-bond donors (Lipinski definition) is 2. The molecular formula is C17H23ClN4O4S. The summed E-state index contributed by atoms with van der Waals surface area (Å²) in [5.41, 5.74) is 0.774. The van der Waals surface area contributed by atoms with E-state index in [2.05, 4.69) is 20.8 Å². The second-order valence-corrected chi connectivity index (χ2v) is 8.86. The first kappa shape index (κ1) is 21.3. The zero-order valence-electron chi connectivity index (χ0n) is 15.1. The molecule has 0 spiro atoms. The number of carbonyl (C=O) groups excluding carboxylic acids is 1. The van der Waals surface area contributed by atoms with Crippen LogP contribution < -0.4 is 10.6 Å². The van der Waals surface area contributed by atoms with Crippen molar-refractivity contribution in [3.05, 3.63) is 36.2 Å². The van der Waals surface area contributed by atoms with Crippen molar-refractivity contribution >= 4 is 28.2 Å². The van der Waals surface area contributed by atoms with Crippen LogP contribution in [0.5, 0.6) is 0 Å². The Balaban J connectivity index is 0.00000261. The van der Waals surface area contributed by atoms with Crippen LogP contribution >= 0.6 is 12.4 Å². The predicted octanol–water partition coefficient (Wildman–Crippen LogP) is 1.50. The summed E-state index contributed by atoms with van der Waals surface area (Å²) < 4.78 is 28.5. The summed E-state index contributed by atoms with van der Waals surface area (Å²) in [4.78, 5) is 17.1. The topological polar surface area (TPSA) is 114 Å². The van der Waals surface area contributed by atoms with E-state index < -0.39 is 26.5 Å². The fourth-order valence-corrected chi connectivity index (χ4v) is 4.44. The van der Waals surface area contributed by atoms with Crippen molar-refractivity contribution < 1.29 is 17.7 Å². The van der Waals surface area contributed by atoms with Crippen molar-refractivity contribution in [2.24, 2.45) is 0 Å². The molecule has 1 aromatic heterocycles. The molecule has 0 aliphatic carbocycles. The van der Waals surface area contributed by atoms with Crippen LogP contribution in [-0.4, -0.2) is 48.6 Å². The first-order valence-corrected chi connectivity index (χ1v) is 10.3. The van der Waals surface area contributed by atoms with Crippen molar-refractivity contribution in [2.75, 3.05) is 19.3 Å². The molecule has 8 nitrogen and oxygen atoms in total. The van der Waals surface area contributed by atoms with E-state index in [1.165, 1.54) is 0 Å². The van der Waals surface area contributed by atoms with Crippen LogP contribution in [-0.2, 0) is 14.6 Å². The summed E-state index contributed by atoms with van der Waals surface area (Å²) in [5.74, 6) is 0.135. The Morgan fingerprint density at radius 2 is 1.89 bits per heavy atom. The molecule has 1 saturated heterocycles. The Bertz CT molecular complexity index is 879. The van der Waals surface area contributed by atoms with E-state index in [1.807, 2.05) is 30.3 Å². The van der Waals surface area contributed by atoms with Gasteiger partial charge in [-0.05, 0) is 45.0 Å². The molecule has 1 atom stereocenters. The molecule has 1 fully saturated rings. The Morgan fingerprint density at radius 1 is 1.26 bits per heavy atom. The van der Waals surface area contributed by atoms with E-state index in [9.17, 15) is 13.2 Å². The number of piperidine rings is 1. The number of benzene rings is 1. The third kappa shape index (κ3) is 4.31. The number of amides is 1. The average Bonchev–Trinajstić information content (AvgIpc) is 3.12. The lowest BCUT2D eigenvalue weighted by Gasteiger charge is -2.34. The Hall–Kier alpha value is -1.97. The van der Waals surface area contributed by atoms with Gasteiger partial charge in [-0.2, -0.15) is 4.98 Å². The standard InChI is InChI=1S/C17H22N4O4S.ClH/c1-12(14-20-15(25-21-14)13-6-4-3-5-7-13)19-16(22)17(26(2,23)24)8-10-18-11-9-17;/h3-7,12,18H,8-11H2,1-2H3,(H,19,22);1H. The maximum atomic E-state index is 12.8. The molecule has 1 aliphatic heterocycles. The number of sulfone groups is 1. The second kappa shape index (κ2) is 8.37. The van der Waals surface area contributed by atoms with Gasteiger partial charge in [0, 0.05) is 11.8 Å². The Morgan fingerprint density at radius 3 is 2.48 bits per heavy atom. The summed E-state index contributed by atoms with van der Waals surface area (Å²) in [5, 5.41) is 9.75.